The predicted octanol–water partition coefficient (Wildman–Crippen LogP) is 1.64. The van der Waals surface area contributed by atoms with E-state index in [4.69, 9.17) is 4.42 Å². The highest BCUT2D eigenvalue weighted by atomic mass is 35.5. The van der Waals surface area contributed by atoms with Crippen LogP contribution in [0.5, 0.6) is 0 Å². The van der Waals surface area contributed by atoms with Crippen LogP contribution in [-0.4, -0.2) is 30.5 Å². The summed E-state index contributed by atoms with van der Waals surface area (Å²) in [4.78, 5) is 16.1. The van der Waals surface area contributed by atoms with Gasteiger partial charge in [-0.2, -0.15) is 0 Å². The number of nitrogens with one attached hydrogen (secondary N) is 2. The predicted molar refractivity (Wildman–Crippen MR) is 82.3 cm³/mol. The average Bonchev–Trinajstić information content (AvgIpc) is 2.86. The maximum atomic E-state index is 11.8. The van der Waals surface area contributed by atoms with Gasteiger partial charge >= 0.3 is 0 Å². The summed E-state index contributed by atoms with van der Waals surface area (Å²) in [5.74, 6) is 1.11. The van der Waals surface area contributed by atoms with E-state index in [1.807, 2.05) is 30.3 Å². The van der Waals surface area contributed by atoms with Gasteiger partial charge in [0.15, 0.2) is 0 Å². The molecule has 1 fully saturated rings. The molecule has 0 atom stereocenters. The molecule has 6 heteroatoms. The molecule has 0 saturated carbocycles. The van der Waals surface area contributed by atoms with Gasteiger partial charge in [-0.1, -0.05) is 18.2 Å². The van der Waals surface area contributed by atoms with E-state index in [1.54, 1.807) is 6.26 Å². The number of amides is 1. The van der Waals surface area contributed by atoms with Gasteiger partial charge in [-0.3, -0.25) is 4.79 Å². The minimum Gasteiger partial charge on any atom is -0.444 e. The van der Waals surface area contributed by atoms with Gasteiger partial charge in [0.1, 0.15) is 6.26 Å². The van der Waals surface area contributed by atoms with Crippen molar-refractivity contribution in [3.63, 3.8) is 0 Å². The van der Waals surface area contributed by atoms with Crippen LogP contribution in [0.25, 0.3) is 11.5 Å². The van der Waals surface area contributed by atoms with E-state index in [0.717, 1.165) is 25.2 Å². The van der Waals surface area contributed by atoms with Crippen LogP contribution in [0.4, 0.5) is 0 Å². The average molecular weight is 308 g/mol. The maximum Gasteiger partial charge on any atom is 0.226 e. The van der Waals surface area contributed by atoms with E-state index in [0.29, 0.717) is 17.5 Å². The van der Waals surface area contributed by atoms with E-state index in [-0.39, 0.29) is 24.7 Å². The zero-order valence-electron chi connectivity index (χ0n) is 11.5. The highest BCUT2D eigenvalue weighted by molar-refractivity contribution is 5.85. The molecule has 0 radical (unpaired) electrons. The van der Waals surface area contributed by atoms with Crippen LogP contribution >= 0.6 is 12.4 Å². The van der Waals surface area contributed by atoms with Gasteiger partial charge in [0.05, 0.1) is 12.1 Å². The van der Waals surface area contributed by atoms with E-state index < -0.39 is 0 Å². The fourth-order valence-electron chi connectivity index (χ4n) is 2.08. The third-order valence-corrected chi connectivity index (χ3v) is 3.37. The molecule has 2 aromatic rings. The van der Waals surface area contributed by atoms with Crippen LogP contribution in [0.2, 0.25) is 0 Å². The normalized spacial score (nSPS) is 14.1. The minimum absolute atomic E-state index is 0. The van der Waals surface area contributed by atoms with Crippen molar-refractivity contribution in [3.8, 4) is 11.5 Å². The van der Waals surface area contributed by atoms with Gasteiger partial charge in [0.2, 0.25) is 11.8 Å². The lowest BCUT2D eigenvalue weighted by molar-refractivity contribution is -0.120. The Bertz CT molecular complexity index is 582. The van der Waals surface area contributed by atoms with E-state index >= 15 is 0 Å². The van der Waals surface area contributed by atoms with Crippen molar-refractivity contribution in [1.82, 2.24) is 15.6 Å². The molecule has 0 aliphatic carbocycles. The summed E-state index contributed by atoms with van der Waals surface area (Å²) in [7, 11) is 0. The molecule has 1 aromatic carbocycles. The van der Waals surface area contributed by atoms with E-state index in [9.17, 15) is 4.79 Å². The standard InChI is InChI=1S/C15H17N3O2.ClH/c19-14(17-9-11-7-16-8-11)6-13-10-20-15(18-13)12-4-2-1-3-5-12;/h1-5,10-11,16H,6-9H2,(H,17,19);1H. The highest BCUT2D eigenvalue weighted by Gasteiger charge is 2.17. The second kappa shape index (κ2) is 7.24. The van der Waals surface area contributed by atoms with Crippen molar-refractivity contribution >= 4 is 18.3 Å². The fraction of sp³-hybridized carbons (Fsp3) is 0.333. The van der Waals surface area contributed by atoms with Crippen molar-refractivity contribution in [2.75, 3.05) is 19.6 Å². The molecular formula is C15H18ClN3O2. The van der Waals surface area contributed by atoms with Crippen molar-refractivity contribution < 1.29 is 9.21 Å². The smallest absolute Gasteiger partial charge is 0.226 e. The summed E-state index contributed by atoms with van der Waals surface area (Å²) in [6, 6.07) is 9.66. The number of aromatic nitrogens is 1. The summed E-state index contributed by atoms with van der Waals surface area (Å²) in [6.45, 7) is 2.71. The number of halogens is 1. The van der Waals surface area contributed by atoms with Gasteiger partial charge in [0.25, 0.3) is 0 Å². The number of hydrogen-bond donors (Lipinski definition) is 2. The SMILES string of the molecule is Cl.O=C(Cc1coc(-c2ccccc2)n1)NCC1CNC1. The summed E-state index contributed by atoms with van der Waals surface area (Å²) < 4.78 is 5.41. The lowest BCUT2D eigenvalue weighted by atomic mass is 10.0. The van der Waals surface area contributed by atoms with E-state index in [1.165, 1.54) is 0 Å². The minimum atomic E-state index is -0.00943. The molecule has 21 heavy (non-hydrogen) atoms. The molecule has 5 nitrogen and oxygen atoms in total. The number of rotatable bonds is 5. The van der Waals surface area contributed by atoms with Gasteiger partial charge < -0.3 is 15.1 Å². The molecule has 2 N–H and O–H groups in total. The third-order valence-electron chi connectivity index (χ3n) is 3.37. The van der Waals surface area contributed by atoms with Gasteiger partial charge in [-0.15, -0.1) is 12.4 Å². The number of benzene rings is 1. The molecule has 112 valence electrons. The quantitative estimate of drug-likeness (QED) is 0.881. The monoisotopic (exact) mass is 307 g/mol. The lowest BCUT2D eigenvalue weighted by Gasteiger charge is -2.26. The van der Waals surface area contributed by atoms with Gasteiger partial charge in [-0.25, -0.2) is 4.98 Å². The first-order chi connectivity index (χ1) is 9.81. The fourth-order valence-corrected chi connectivity index (χ4v) is 2.08. The number of nitrogens with zero attached hydrogens (tertiary/aromatic N) is 1. The molecule has 1 aromatic heterocycles. The Morgan fingerprint density at radius 3 is 2.76 bits per heavy atom. The van der Waals surface area contributed by atoms with Crippen molar-refractivity contribution in [1.29, 1.82) is 0 Å². The number of carbonyl (C=O) groups is 1. The second-order valence-corrected chi connectivity index (χ2v) is 5.02. The Kier molecular flexibility index (Phi) is 5.36. The zero-order chi connectivity index (χ0) is 13.8. The molecule has 1 aliphatic heterocycles. The van der Waals surface area contributed by atoms with Crippen LogP contribution in [-0.2, 0) is 11.2 Å². The first-order valence-corrected chi connectivity index (χ1v) is 6.78. The second-order valence-electron chi connectivity index (χ2n) is 5.02. The van der Waals surface area contributed by atoms with Crippen molar-refractivity contribution in [2.24, 2.45) is 5.92 Å². The molecule has 3 rings (SSSR count). The summed E-state index contributed by atoms with van der Waals surface area (Å²) in [5.41, 5.74) is 1.58. The molecular weight excluding hydrogens is 290 g/mol. The summed E-state index contributed by atoms with van der Waals surface area (Å²) in [5, 5.41) is 6.10. The van der Waals surface area contributed by atoms with Gasteiger partial charge in [0, 0.05) is 31.1 Å². The highest BCUT2D eigenvalue weighted by Crippen LogP contribution is 2.18. The number of carbonyl (C=O) groups excluding carboxylic acids is 1. The molecule has 0 bridgehead atoms. The van der Waals surface area contributed by atoms with Crippen LogP contribution in [0.15, 0.2) is 41.0 Å². The lowest BCUT2D eigenvalue weighted by Crippen LogP contribution is -2.48. The molecule has 1 aliphatic rings. The molecule has 1 saturated heterocycles. The summed E-state index contributed by atoms with van der Waals surface area (Å²) in [6.07, 6.45) is 1.81. The van der Waals surface area contributed by atoms with Crippen LogP contribution in [0.3, 0.4) is 0 Å². The Hall–Kier alpha value is -1.85. The van der Waals surface area contributed by atoms with Crippen LogP contribution < -0.4 is 10.6 Å². The first kappa shape index (κ1) is 15.5. The Morgan fingerprint density at radius 1 is 1.33 bits per heavy atom. The van der Waals surface area contributed by atoms with Crippen LogP contribution in [0, 0.1) is 5.92 Å². The number of hydrogen-bond acceptors (Lipinski definition) is 4. The topological polar surface area (TPSA) is 67.2 Å². The maximum absolute atomic E-state index is 11.8. The molecule has 0 spiro atoms. The Balaban J connectivity index is 0.00000161. The molecule has 1 amide bonds. The largest absolute Gasteiger partial charge is 0.444 e. The first-order valence-electron chi connectivity index (χ1n) is 6.78. The molecule has 0 unspecified atom stereocenters. The van der Waals surface area contributed by atoms with Crippen LogP contribution in [0.1, 0.15) is 5.69 Å². The van der Waals surface area contributed by atoms with E-state index in [2.05, 4.69) is 15.6 Å². The molecule has 2 heterocycles. The number of oxazole rings is 1. The van der Waals surface area contributed by atoms with Crippen molar-refractivity contribution in [3.05, 3.63) is 42.3 Å². The Morgan fingerprint density at radius 2 is 2.10 bits per heavy atom. The van der Waals surface area contributed by atoms with Crippen molar-refractivity contribution in [2.45, 2.75) is 6.42 Å². The zero-order valence-corrected chi connectivity index (χ0v) is 12.4. The summed E-state index contributed by atoms with van der Waals surface area (Å²) >= 11 is 0. The third kappa shape index (κ3) is 4.06. The van der Waals surface area contributed by atoms with Gasteiger partial charge in [-0.05, 0) is 12.1 Å². The Labute approximate surface area is 129 Å².